The molecular formula is C27H41NO9SSi. The number of amides is 1. The van der Waals surface area contributed by atoms with E-state index in [9.17, 15) is 19.2 Å². The van der Waals surface area contributed by atoms with Crippen molar-refractivity contribution in [2.24, 2.45) is 0 Å². The van der Waals surface area contributed by atoms with Crippen molar-refractivity contribution in [3.63, 3.8) is 0 Å². The minimum Gasteiger partial charge on any atom is -0.496 e. The summed E-state index contributed by atoms with van der Waals surface area (Å²) < 4.78 is 28.2. The van der Waals surface area contributed by atoms with Crippen LogP contribution in [-0.4, -0.2) is 70.9 Å². The molecular weight excluding hydrogens is 542 g/mol. The van der Waals surface area contributed by atoms with Crippen molar-refractivity contribution in [3.8, 4) is 5.75 Å². The van der Waals surface area contributed by atoms with Gasteiger partial charge in [0.25, 0.3) is 0 Å². The van der Waals surface area contributed by atoms with Gasteiger partial charge in [0.15, 0.2) is 8.32 Å². The molecule has 1 aromatic rings. The third-order valence-electron chi connectivity index (χ3n) is 7.01. The maximum absolute atomic E-state index is 13.7. The number of thioether (sulfide) groups is 1. The second-order valence-corrected chi connectivity index (χ2v) is 16.8. The van der Waals surface area contributed by atoms with E-state index < -0.39 is 49.7 Å². The molecule has 10 nitrogen and oxygen atoms in total. The van der Waals surface area contributed by atoms with Crippen molar-refractivity contribution in [1.82, 2.24) is 5.32 Å². The van der Waals surface area contributed by atoms with Gasteiger partial charge in [0, 0.05) is 30.2 Å². The van der Waals surface area contributed by atoms with Crippen molar-refractivity contribution >= 4 is 43.9 Å². The van der Waals surface area contributed by atoms with Crippen LogP contribution in [0.25, 0.3) is 0 Å². The fourth-order valence-corrected chi connectivity index (χ4v) is 6.66. The van der Waals surface area contributed by atoms with Crippen molar-refractivity contribution in [2.45, 2.75) is 83.2 Å². The Morgan fingerprint density at radius 2 is 1.85 bits per heavy atom. The average molecular weight is 584 g/mol. The largest absolute Gasteiger partial charge is 0.496 e. The van der Waals surface area contributed by atoms with Crippen LogP contribution in [0.4, 0.5) is 0 Å². The van der Waals surface area contributed by atoms with Crippen LogP contribution in [0.2, 0.25) is 18.1 Å². The van der Waals surface area contributed by atoms with Gasteiger partial charge in [-0.05, 0) is 37.5 Å². The normalized spacial score (nSPS) is 21.2. The summed E-state index contributed by atoms with van der Waals surface area (Å²) in [4.78, 5) is 50.5. The summed E-state index contributed by atoms with van der Waals surface area (Å²) in [5.41, 5.74) is 0.721. The van der Waals surface area contributed by atoms with Gasteiger partial charge in [0.05, 0.1) is 19.8 Å². The molecule has 39 heavy (non-hydrogen) atoms. The maximum atomic E-state index is 13.7. The number of carbonyl (C=O) groups is 4. The number of nitrogens with one attached hydrogen (secondary N) is 1. The first-order valence-electron chi connectivity index (χ1n) is 12.8. The highest BCUT2D eigenvalue weighted by molar-refractivity contribution is 7.99. The maximum Gasteiger partial charge on any atom is 0.339 e. The van der Waals surface area contributed by atoms with E-state index in [2.05, 4.69) is 39.2 Å². The summed E-state index contributed by atoms with van der Waals surface area (Å²) >= 11 is 1.30. The molecule has 0 saturated carbocycles. The molecule has 1 aromatic carbocycles. The molecule has 1 amide bonds. The van der Waals surface area contributed by atoms with Gasteiger partial charge in [-0.25, -0.2) is 9.59 Å². The Morgan fingerprint density at radius 1 is 1.18 bits per heavy atom. The molecule has 0 fully saturated rings. The van der Waals surface area contributed by atoms with Crippen LogP contribution in [0.1, 0.15) is 67.5 Å². The molecule has 1 unspecified atom stereocenters. The summed E-state index contributed by atoms with van der Waals surface area (Å²) in [6, 6.07) is 2.59. The fraction of sp³-hybridized carbons (Fsp3) is 0.630. The monoisotopic (exact) mass is 583 g/mol. The zero-order valence-corrected chi connectivity index (χ0v) is 26.1. The summed E-state index contributed by atoms with van der Waals surface area (Å²) in [6.07, 6.45) is -0.880. The molecule has 1 heterocycles. The topological polar surface area (TPSA) is 126 Å². The van der Waals surface area contributed by atoms with E-state index in [1.807, 2.05) is 0 Å². The zero-order chi connectivity index (χ0) is 29.5. The summed E-state index contributed by atoms with van der Waals surface area (Å²) in [5.74, 6) is -1.56. The molecule has 3 atom stereocenters. The molecule has 0 aromatic heterocycles. The first kappa shape index (κ1) is 32.6. The smallest absolute Gasteiger partial charge is 0.339 e. The van der Waals surface area contributed by atoms with E-state index in [4.69, 9.17) is 23.4 Å². The van der Waals surface area contributed by atoms with Crippen molar-refractivity contribution in [3.05, 3.63) is 28.8 Å². The lowest BCUT2D eigenvalue weighted by Crippen LogP contribution is -2.44. The van der Waals surface area contributed by atoms with Crippen LogP contribution in [-0.2, 0) is 33.0 Å². The fourth-order valence-electron chi connectivity index (χ4n) is 3.68. The number of ether oxygens (including phenoxy) is 4. The van der Waals surface area contributed by atoms with Crippen LogP contribution >= 0.6 is 11.8 Å². The van der Waals surface area contributed by atoms with E-state index in [1.165, 1.54) is 32.9 Å². The minimum atomic E-state index is -2.40. The van der Waals surface area contributed by atoms with Crippen LogP contribution in [0.3, 0.4) is 0 Å². The summed E-state index contributed by atoms with van der Waals surface area (Å²) in [5, 5.41) is 2.57. The van der Waals surface area contributed by atoms with Gasteiger partial charge in [-0.1, -0.05) is 26.8 Å². The van der Waals surface area contributed by atoms with Crippen LogP contribution in [0, 0.1) is 6.92 Å². The van der Waals surface area contributed by atoms with E-state index >= 15 is 0 Å². The number of hydrogen-bond acceptors (Lipinski definition) is 10. The Labute approximate surface area is 235 Å². The number of rotatable bonds is 6. The molecule has 1 aliphatic rings. The molecule has 12 heteroatoms. The number of methoxy groups -OCH3 is 2. The second kappa shape index (κ2) is 13.7. The van der Waals surface area contributed by atoms with Gasteiger partial charge in [-0.2, -0.15) is 0 Å². The third-order valence-corrected chi connectivity index (χ3v) is 12.8. The van der Waals surface area contributed by atoms with Gasteiger partial charge >= 0.3 is 17.9 Å². The summed E-state index contributed by atoms with van der Waals surface area (Å²) in [7, 11) is 0.377. The van der Waals surface area contributed by atoms with Gasteiger partial charge in [-0.3, -0.25) is 9.59 Å². The third kappa shape index (κ3) is 8.71. The highest BCUT2D eigenvalue weighted by atomic mass is 32.2. The Kier molecular flexibility index (Phi) is 11.4. The SMILES string of the molecule is COC(=O)[C@@H]1CSC(O[Si](C)(C)C(C)(C)C)c2ccc(OC)c(C)c2C(=O)O[C@H](COC(C)=O)CCC(=O)N1. The Bertz CT molecular complexity index is 1070. The quantitative estimate of drug-likeness (QED) is 0.294. The van der Waals surface area contributed by atoms with Crippen molar-refractivity contribution in [1.29, 1.82) is 0 Å². The van der Waals surface area contributed by atoms with E-state index in [-0.39, 0.29) is 35.8 Å². The molecule has 0 aliphatic carbocycles. The number of carbonyl (C=O) groups excluding carboxylic acids is 4. The number of benzene rings is 1. The molecule has 0 bridgehead atoms. The van der Waals surface area contributed by atoms with E-state index in [0.29, 0.717) is 16.9 Å². The molecule has 0 spiro atoms. The Hall–Kier alpha value is -2.57. The molecule has 0 saturated heterocycles. The zero-order valence-electron chi connectivity index (χ0n) is 24.3. The highest BCUT2D eigenvalue weighted by Gasteiger charge is 2.41. The lowest BCUT2D eigenvalue weighted by molar-refractivity contribution is -0.145. The molecule has 1 N–H and O–H groups in total. The van der Waals surface area contributed by atoms with Crippen molar-refractivity contribution < 1.29 is 42.6 Å². The molecule has 2 rings (SSSR count). The van der Waals surface area contributed by atoms with Crippen LogP contribution < -0.4 is 10.1 Å². The Morgan fingerprint density at radius 3 is 2.41 bits per heavy atom. The molecule has 218 valence electrons. The van der Waals surface area contributed by atoms with Gasteiger partial charge in [-0.15, -0.1) is 11.8 Å². The predicted molar refractivity (Wildman–Crippen MR) is 150 cm³/mol. The van der Waals surface area contributed by atoms with Gasteiger partial charge in [0.2, 0.25) is 5.91 Å². The van der Waals surface area contributed by atoms with Crippen LogP contribution in [0.5, 0.6) is 5.75 Å². The van der Waals surface area contributed by atoms with Gasteiger partial charge in [0.1, 0.15) is 29.9 Å². The Balaban J connectivity index is 2.69. The van der Waals surface area contributed by atoms with E-state index in [1.54, 1.807) is 19.1 Å². The number of esters is 3. The number of hydrogen-bond donors (Lipinski definition) is 1. The lowest BCUT2D eigenvalue weighted by Gasteiger charge is -2.39. The number of fused-ring (bicyclic) bond motifs is 1. The second-order valence-electron chi connectivity index (χ2n) is 10.9. The minimum absolute atomic E-state index is 0.0643. The first-order chi connectivity index (χ1) is 18.1. The highest BCUT2D eigenvalue weighted by Crippen LogP contribution is 2.45. The van der Waals surface area contributed by atoms with Crippen molar-refractivity contribution in [2.75, 3.05) is 26.6 Å². The number of cyclic esters (lactones) is 1. The first-order valence-corrected chi connectivity index (χ1v) is 16.8. The van der Waals surface area contributed by atoms with Crippen LogP contribution in [0.15, 0.2) is 12.1 Å². The standard InChI is InChI=1S/C27H41NO9SSi/c1-16-21(33-6)12-11-19-23(16)25(32)36-18(14-35-17(2)29)10-13-22(30)28-20(24(31)34-7)15-38-26(19)37-39(8,9)27(3,4)5/h11-12,18,20,26H,10,13-15H2,1-9H3,(H,28,30)/t18-,20-,26?/m0/s1. The van der Waals surface area contributed by atoms with E-state index in [0.717, 1.165) is 0 Å². The lowest BCUT2D eigenvalue weighted by atomic mass is 10.0. The molecule has 0 radical (unpaired) electrons. The van der Waals surface area contributed by atoms with Gasteiger partial charge < -0.3 is 28.7 Å². The predicted octanol–water partition coefficient (Wildman–Crippen LogP) is 4.30. The summed E-state index contributed by atoms with van der Waals surface area (Å²) in [6.45, 7) is 13.3. The average Bonchev–Trinajstić information content (AvgIpc) is 2.85. The molecule has 1 aliphatic heterocycles.